The number of nitrogens with one attached hydrogen (secondary N) is 2. The van der Waals surface area contributed by atoms with E-state index in [4.69, 9.17) is 0 Å². The summed E-state index contributed by atoms with van der Waals surface area (Å²) in [5.74, 6) is -0.413. The highest BCUT2D eigenvalue weighted by Crippen LogP contribution is 2.24. The first kappa shape index (κ1) is 22.1. The molecule has 2 fully saturated rings. The van der Waals surface area contributed by atoms with E-state index in [2.05, 4.69) is 10.6 Å². The fraction of sp³-hybridized carbons (Fsp3) is 0.423. The number of aryl methyl sites for hydroxylation is 1. The van der Waals surface area contributed by atoms with E-state index in [1.807, 2.05) is 25.1 Å². The monoisotopic (exact) mass is 433 g/mol. The van der Waals surface area contributed by atoms with E-state index in [1.165, 1.54) is 6.42 Å². The van der Waals surface area contributed by atoms with Crippen molar-refractivity contribution in [2.75, 3.05) is 11.9 Å². The Bertz CT molecular complexity index is 997. The van der Waals surface area contributed by atoms with Gasteiger partial charge in [0, 0.05) is 29.4 Å². The molecule has 2 aromatic carbocycles. The second-order valence-corrected chi connectivity index (χ2v) is 8.85. The predicted octanol–water partition coefficient (Wildman–Crippen LogP) is 4.30. The number of rotatable bonds is 5. The summed E-state index contributed by atoms with van der Waals surface area (Å²) < 4.78 is 0. The predicted molar refractivity (Wildman–Crippen MR) is 125 cm³/mol. The largest absolute Gasteiger partial charge is 0.352 e. The quantitative estimate of drug-likeness (QED) is 0.738. The van der Waals surface area contributed by atoms with Gasteiger partial charge in [0.15, 0.2) is 0 Å². The lowest BCUT2D eigenvalue weighted by atomic mass is 9.95. The van der Waals surface area contributed by atoms with Gasteiger partial charge in [0.1, 0.15) is 6.04 Å². The summed E-state index contributed by atoms with van der Waals surface area (Å²) in [4.78, 5) is 40.5. The number of amides is 3. The second-order valence-electron chi connectivity index (χ2n) is 8.85. The molecule has 6 heteroatoms. The van der Waals surface area contributed by atoms with Gasteiger partial charge < -0.3 is 15.5 Å². The topological polar surface area (TPSA) is 78.5 Å². The molecule has 2 aliphatic rings. The van der Waals surface area contributed by atoms with Crippen LogP contribution in [-0.2, 0) is 4.79 Å². The van der Waals surface area contributed by atoms with E-state index >= 15 is 0 Å². The van der Waals surface area contributed by atoms with Gasteiger partial charge in [-0.2, -0.15) is 0 Å². The van der Waals surface area contributed by atoms with Crippen LogP contribution in [-0.4, -0.2) is 41.2 Å². The Morgan fingerprint density at radius 3 is 2.47 bits per heavy atom. The van der Waals surface area contributed by atoms with Crippen LogP contribution in [0.2, 0.25) is 0 Å². The minimum atomic E-state index is -0.422. The summed E-state index contributed by atoms with van der Waals surface area (Å²) in [6, 6.07) is 14.1. The first-order chi connectivity index (χ1) is 15.5. The molecule has 0 bridgehead atoms. The van der Waals surface area contributed by atoms with Crippen LogP contribution in [0.25, 0.3) is 0 Å². The minimum absolute atomic E-state index is 0.0354. The second kappa shape index (κ2) is 9.98. The Morgan fingerprint density at radius 2 is 1.69 bits per heavy atom. The smallest absolute Gasteiger partial charge is 0.255 e. The van der Waals surface area contributed by atoms with Crippen molar-refractivity contribution in [3.05, 3.63) is 65.2 Å². The first-order valence-corrected chi connectivity index (χ1v) is 11.6. The molecule has 1 heterocycles. The Labute approximate surface area is 189 Å². The molecule has 1 saturated heterocycles. The molecule has 0 radical (unpaired) electrons. The van der Waals surface area contributed by atoms with E-state index < -0.39 is 6.04 Å². The van der Waals surface area contributed by atoms with Gasteiger partial charge in [-0.05, 0) is 62.4 Å². The Morgan fingerprint density at radius 1 is 0.906 bits per heavy atom. The van der Waals surface area contributed by atoms with E-state index in [9.17, 15) is 14.4 Å². The van der Waals surface area contributed by atoms with Crippen LogP contribution in [0.1, 0.15) is 71.2 Å². The maximum Gasteiger partial charge on any atom is 0.255 e. The molecule has 1 aliphatic heterocycles. The SMILES string of the molecule is Cc1ccccc1C(=O)Nc1cccc(C(=O)N2CCC[C@H]2C(=O)NC2CCCCC2)c1. The maximum atomic E-state index is 13.2. The van der Waals surface area contributed by atoms with Crippen LogP contribution < -0.4 is 10.6 Å². The number of anilines is 1. The van der Waals surface area contributed by atoms with Crippen molar-refractivity contribution in [2.24, 2.45) is 0 Å². The summed E-state index contributed by atoms with van der Waals surface area (Å²) in [7, 11) is 0. The molecule has 2 N–H and O–H groups in total. The van der Waals surface area contributed by atoms with Crippen molar-refractivity contribution in [1.29, 1.82) is 0 Å². The molecule has 32 heavy (non-hydrogen) atoms. The molecule has 1 aliphatic carbocycles. The molecule has 0 spiro atoms. The van der Waals surface area contributed by atoms with Gasteiger partial charge >= 0.3 is 0 Å². The molecule has 0 unspecified atom stereocenters. The summed E-state index contributed by atoms with van der Waals surface area (Å²) in [5, 5.41) is 6.05. The van der Waals surface area contributed by atoms with E-state index in [1.54, 1.807) is 35.2 Å². The number of likely N-dealkylation sites (tertiary alicyclic amines) is 1. The summed E-state index contributed by atoms with van der Waals surface area (Å²) in [6.45, 7) is 2.46. The molecule has 1 saturated carbocycles. The lowest BCUT2D eigenvalue weighted by Gasteiger charge is -2.28. The molecule has 2 aromatic rings. The molecule has 1 atom stereocenters. The summed E-state index contributed by atoms with van der Waals surface area (Å²) >= 11 is 0. The highest BCUT2D eigenvalue weighted by atomic mass is 16.2. The van der Waals surface area contributed by atoms with E-state index in [0.29, 0.717) is 29.8 Å². The van der Waals surface area contributed by atoms with Gasteiger partial charge in [0.25, 0.3) is 11.8 Å². The van der Waals surface area contributed by atoms with Crippen molar-refractivity contribution in [3.8, 4) is 0 Å². The van der Waals surface area contributed by atoms with E-state index in [0.717, 1.165) is 37.7 Å². The van der Waals surface area contributed by atoms with Crippen molar-refractivity contribution in [2.45, 2.75) is 64.0 Å². The zero-order valence-electron chi connectivity index (χ0n) is 18.6. The molecule has 168 valence electrons. The summed E-state index contributed by atoms with van der Waals surface area (Å²) in [5.41, 5.74) is 2.53. The van der Waals surface area contributed by atoms with Crippen LogP contribution in [0.5, 0.6) is 0 Å². The van der Waals surface area contributed by atoms with Gasteiger partial charge in [-0.3, -0.25) is 14.4 Å². The van der Waals surface area contributed by atoms with Crippen LogP contribution >= 0.6 is 0 Å². The average Bonchev–Trinajstić information content (AvgIpc) is 3.30. The average molecular weight is 434 g/mol. The molecular formula is C26H31N3O3. The molecule has 4 rings (SSSR count). The van der Waals surface area contributed by atoms with Gasteiger partial charge in [0.2, 0.25) is 5.91 Å². The maximum absolute atomic E-state index is 13.2. The lowest BCUT2D eigenvalue weighted by Crippen LogP contribution is -2.49. The zero-order valence-corrected chi connectivity index (χ0v) is 18.6. The van der Waals surface area contributed by atoms with Gasteiger partial charge in [-0.25, -0.2) is 0 Å². The highest BCUT2D eigenvalue weighted by Gasteiger charge is 2.35. The third-order valence-corrected chi connectivity index (χ3v) is 6.52. The van der Waals surface area contributed by atoms with Crippen LogP contribution in [0.15, 0.2) is 48.5 Å². The van der Waals surface area contributed by atoms with Gasteiger partial charge in [-0.15, -0.1) is 0 Å². The number of hydrogen-bond donors (Lipinski definition) is 2. The first-order valence-electron chi connectivity index (χ1n) is 11.6. The van der Waals surface area contributed by atoms with Crippen molar-refractivity contribution in [1.82, 2.24) is 10.2 Å². The van der Waals surface area contributed by atoms with Gasteiger partial charge in [-0.1, -0.05) is 43.5 Å². The van der Waals surface area contributed by atoms with Crippen LogP contribution in [0.3, 0.4) is 0 Å². The third kappa shape index (κ3) is 5.01. The molecular weight excluding hydrogens is 402 g/mol. The normalized spacial score (nSPS) is 18.9. The minimum Gasteiger partial charge on any atom is -0.352 e. The number of benzene rings is 2. The molecule has 3 amide bonds. The zero-order chi connectivity index (χ0) is 22.5. The number of carbonyl (C=O) groups excluding carboxylic acids is 3. The fourth-order valence-electron chi connectivity index (χ4n) is 4.75. The highest BCUT2D eigenvalue weighted by molar-refractivity contribution is 6.06. The summed E-state index contributed by atoms with van der Waals surface area (Å²) in [6.07, 6.45) is 7.09. The Balaban J connectivity index is 1.44. The third-order valence-electron chi connectivity index (χ3n) is 6.52. The molecule has 6 nitrogen and oxygen atoms in total. The fourth-order valence-corrected chi connectivity index (χ4v) is 4.75. The Kier molecular flexibility index (Phi) is 6.88. The van der Waals surface area contributed by atoms with Gasteiger partial charge in [0.05, 0.1) is 0 Å². The Hall–Kier alpha value is -3.15. The van der Waals surface area contributed by atoms with Crippen LogP contribution in [0, 0.1) is 6.92 Å². The molecule has 0 aromatic heterocycles. The lowest BCUT2D eigenvalue weighted by molar-refractivity contribution is -0.125. The van der Waals surface area contributed by atoms with Crippen LogP contribution in [0.4, 0.5) is 5.69 Å². The van der Waals surface area contributed by atoms with Crippen molar-refractivity contribution >= 4 is 23.4 Å². The van der Waals surface area contributed by atoms with Crippen molar-refractivity contribution < 1.29 is 14.4 Å². The number of carbonyl (C=O) groups is 3. The standard InChI is InChI=1S/C26H31N3O3/c1-18-9-5-6-14-22(18)24(30)28-21-13-7-10-19(17-21)26(32)29-16-8-15-23(29)25(31)27-20-11-3-2-4-12-20/h5-7,9-10,13-14,17,20,23H,2-4,8,11-12,15-16H2,1H3,(H,27,31)(H,28,30)/t23-/m0/s1. The number of hydrogen-bond acceptors (Lipinski definition) is 3. The van der Waals surface area contributed by atoms with E-state index in [-0.39, 0.29) is 23.8 Å². The van der Waals surface area contributed by atoms with Crippen molar-refractivity contribution in [3.63, 3.8) is 0 Å². The number of nitrogens with zero attached hydrogens (tertiary/aromatic N) is 1.